The number of ether oxygens (including phenoxy) is 5. The van der Waals surface area contributed by atoms with E-state index in [1.54, 1.807) is 33.5 Å². The summed E-state index contributed by atoms with van der Waals surface area (Å²) in [6, 6.07) is 13.7. The lowest BCUT2D eigenvalue weighted by molar-refractivity contribution is 0.0196. The highest BCUT2D eigenvalue weighted by Crippen LogP contribution is 2.38. The Kier molecular flexibility index (Phi) is 14.1. The fourth-order valence-electron chi connectivity index (χ4n) is 4.95. The molecule has 0 saturated carbocycles. The first-order valence-electron chi connectivity index (χ1n) is 14.1. The third kappa shape index (κ3) is 10.8. The molecule has 8 heteroatoms. The van der Waals surface area contributed by atoms with Crippen molar-refractivity contribution in [1.82, 2.24) is 9.80 Å². The number of nitrogens with zero attached hydrogens (tertiary/aromatic N) is 2. The standard InChI is InChI=1S/C31H46N2O6/c1-35-20-9-16-32-14-8-15-33(19-18-32)17-13-28(39-25-26-10-5-4-6-11-26)12-7-21-38-30-23-27(24-34)22-29(36-2)31(30)37-3/h4-6,10-11,22-24,28H,7-9,12-21,25H2,1-3H3. The molecule has 1 aliphatic rings. The Morgan fingerprint density at radius 3 is 2.28 bits per heavy atom. The smallest absolute Gasteiger partial charge is 0.203 e. The van der Waals surface area contributed by atoms with Gasteiger partial charge in [-0.05, 0) is 62.9 Å². The average molecular weight is 543 g/mol. The molecule has 1 fully saturated rings. The third-order valence-electron chi connectivity index (χ3n) is 7.13. The molecular formula is C31H46N2O6. The maximum atomic E-state index is 11.4. The van der Waals surface area contributed by atoms with E-state index < -0.39 is 0 Å². The molecule has 1 atom stereocenters. The fraction of sp³-hybridized carbons (Fsp3) is 0.581. The van der Waals surface area contributed by atoms with Crippen molar-refractivity contribution in [2.75, 3.05) is 73.8 Å². The van der Waals surface area contributed by atoms with E-state index in [1.807, 2.05) is 18.2 Å². The zero-order valence-corrected chi connectivity index (χ0v) is 23.9. The number of carbonyl (C=O) groups excluding carboxylic acids is 1. The van der Waals surface area contributed by atoms with Gasteiger partial charge < -0.3 is 33.5 Å². The van der Waals surface area contributed by atoms with Crippen LogP contribution in [0.2, 0.25) is 0 Å². The molecule has 2 aromatic carbocycles. The molecule has 0 amide bonds. The van der Waals surface area contributed by atoms with Crippen LogP contribution in [0.1, 0.15) is 48.0 Å². The molecule has 3 rings (SSSR count). The maximum absolute atomic E-state index is 11.4. The summed E-state index contributed by atoms with van der Waals surface area (Å²) >= 11 is 0. The largest absolute Gasteiger partial charge is 0.493 e. The molecule has 1 unspecified atom stereocenters. The van der Waals surface area contributed by atoms with Crippen LogP contribution in [-0.2, 0) is 16.1 Å². The van der Waals surface area contributed by atoms with Crippen molar-refractivity contribution in [3.05, 3.63) is 53.6 Å². The van der Waals surface area contributed by atoms with Gasteiger partial charge in [0.25, 0.3) is 0 Å². The molecule has 216 valence electrons. The predicted molar refractivity (Wildman–Crippen MR) is 153 cm³/mol. The molecule has 0 aliphatic carbocycles. The van der Waals surface area contributed by atoms with Crippen LogP contribution >= 0.6 is 0 Å². The first kappa shape index (κ1) is 30.9. The van der Waals surface area contributed by atoms with Crippen molar-refractivity contribution in [2.45, 2.75) is 44.8 Å². The van der Waals surface area contributed by atoms with E-state index in [2.05, 4.69) is 21.9 Å². The molecule has 8 nitrogen and oxygen atoms in total. The molecule has 1 heterocycles. The first-order chi connectivity index (χ1) is 19.2. The quantitative estimate of drug-likeness (QED) is 0.198. The normalized spacial score (nSPS) is 15.5. The minimum Gasteiger partial charge on any atom is -0.493 e. The van der Waals surface area contributed by atoms with Gasteiger partial charge in [0.05, 0.1) is 33.5 Å². The van der Waals surface area contributed by atoms with Crippen molar-refractivity contribution in [3.8, 4) is 17.2 Å². The van der Waals surface area contributed by atoms with E-state index in [-0.39, 0.29) is 6.10 Å². The van der Waals surface area contributed by atoms with E-state index in [9.17, 15) is 4.79 Å². The van der Waals surface area contributed by atoms with Gasteiger partial charge in [0, 0.05) is 45.5 Å². The van der Waals surface area contributed by atoms with Crippen LogP contribution in [0.3, 0.4) is 0 Å². The molecule has 0 spiro atoms. The average Bonchev–Trinajstić information content (AvgIpc) is 3.21. The Bertz CT molecular complexity index is 958. The number of rotatable bonds is 18. The molecule has 39 heavy (non-hydrogen) atoms. The van der Waals surface area contributed by atoms with Gasteiger partial charge >= 0.3 is 0 Å². The summed E-state index contributed by atoms with van der Waals surface area (Å²) in [5.74, 6) is 1.49. The van der Waals surface area contributed by atoms with Gasteiger partial charge in [0.15, 0.2) is 11.5 Å². The van der Waals surface area contributed by atoms with Crippen molar-refractivity contribution < 1.29 is 28.5 Å². The van der Waals surface area contributed by atoms with Crippen LogP contribution in [0.5, 0.6) is 17.2 Å². The van der Waals surface area contributed by atoms with Gasteiger partial charge in [-0.1, -0.05) is 30.3 Å². The van der Waals surface area contributed by atoms with Gasteiger partial charge in [0.2, 0.25) is 5.75 Å². The van der Waals surface area contributed by atoms with Crippen LogP contribution in [0.4, 0.5) is 0 Å². The molecular weight excluding hydrogens is 496 g/mol. The van der Waals surface area contributed by atoms with Gasteiger partial charge in [-0.25, -0.2) is 0 Å². The summed E-state index contributed by atoms with van der Waals surface area (Å²) in [5, 5.41) is 0. The highest BCUT2D eigenvalue weighted by atomic mass is 16.5. The number of carbonyl (C=O) groups is 1. The van der Waals surface area contributed by atoms with E-state index in [0.717, 1.165) is 77.8 Å². The van der Waals surface area contributed by atoms with Crippen LogP contribution in [0.25, 0.3) is 0 Å². The van der Waals surface area contributed by atoms with Crippen molar-refractivity contribution in [1.29, 1.82) is 0 Å². The van der Waals surface area contributed by atoms with E-state index in [0.29, 0.717) is 36.0 Å². The molecule has 1 saturated heterocycles. The summed E-state index contributed by atoms with van der Waals surface area (Å²) < 4.78 is 28.5. The number of benzene rings is 2. The van der Waals surface area contributed by atoms with Crippen molar-refractivity contribution in [2.24, 2.45) is 0 Å². The number of aldehydes is 1. The number of methoxy groups -OCH3 is 3. The van der Waals surface area contributed by atoms with E-state index >= 15 is 0 Å². The number of hydrogen-bond acceptors (Lipinski definition) is 8. The number of hydrogen-bond donors (Lipinski definition) is 0. The summed E-state index contributed by atoms with van der Waals surface area (Å²) in [6.07, 6.45) is 5.89. The van der Waals surface area contributed by atoms with Crippen LogP contribution in [-0.4, -0.2) is 96.0 Å². The maximum Gasteiger partial charge on any atom is 0.203 e. The second-order valence-electron chi connectivity index (χ2n) is 9.95. The zero-order chi connectivity index (χ0) is 27.7. The molecule has 1 aliphatic heterocycles. The lowest BCUT2D eigenvalue weighted by atomic mass is 10.1. The van der Waals surface area contributed by atoms with Crippen LogP contribution in [0.15, 0.2) is 42.5 Å². The molecule has 0 aromatic heterocycles. The Hall–Kier alpha value is -2.65. The second-order valence-corrected chi connectivity index (χ2v) is 9.95. The van der Waals surface area contributed by atoms with E-state index in [4.69, 9.17) is 23.7 Å². The van der Waals surface area contributed by atoms with Gasteiger partial charge in [0.1, 0.15) is 6.29 Å². The lowest BCUT2D eigenvalue weighted by Crippen LogP contribution is -2.33. The van der Waals surface area contributed by atoms with Crippen molar-refractivity contribution in [3.63, 3.8) is 0 Å². The molecule has 0 N–H and O–H groups in total. The first-order valence-corrected chi connectivity index (χ1v) is 14.1. The highest BCUT2D eigenvalue weighted by Gasteiger charge is 2.18. The lowest BCUT2D eigenvalue weighted by Gasteiger charge is -2.25. The summed E-state index contributed by atoms with van der Waals surface area (Å²) in [7, 11) is 4.89. The zero-order valence-electron chi connectivity index (χ0n) is 23.9. The monoisotopic (exact) mass is 542 g/mol. The summed E-state index contributed by atoms with van der Waals surface area (Å²) in [6.45, 7) is 8.55. The Balaban J connectivity index is 1.52. The van der Waals surface area contributed by atoms with Crippen molar-refractivity contribution >= 4 is 6.29 Å². The summed E-state index contributed by atoms with van der Waals surface area (Å²) in [5.41, 5.74) is 1.67. The van der Waals surface area contributed by atoms with Gasteiger partial charge in [-0.15, -0.1) is 0 Å². The van der Waals surface area contributed by atoms with Gasteiger partial charge in [-0.3, -0.25) is 4.79 Å². The second kappa shape index (κ2) is 17.8. The molecule has 2 aromatic rings. The minimum atomic E-state index is 0.132. The minimum absolute atomic E-state index is 0.132. The topological polar surface area (TPSA) is 69.7 Å². The fourth-order valence-corrected chi connectivity index (χ4v) is 4.95. The summed E-state index contributed by atoms with van der Waals surface area (Å²) in [4.78, 5) is 16.5. The Morgan fingerprint density at radius 1 is 0.846 bits per heavy atom. The SMILES string of the molecule is COCCCN1CCCN(CCC(CCCOc2cc(C=O)cc(OC)c2OC)OCc2ccccc2)CC1. The third-order valence-corrected chi connectivity index (χ3v) is 7.13. The van der Waals surface area contributed by atoms with Crippen LogP contribution in [0, 0.1) is 0 Å². The molecule has 0 bridgehead atoms. The van der Waals surface area contributed by atoms with Gasteiger partial charge in [-0.2, -0.15) is 0 Å². The molecule has 0 radical (unpaired) electrons. The Labute approximate surface area is 234 Å². The van der Waals surface area contributed by atoms with E-state index in [1.165, 1.54) is 12.0 Å². The van der Waals surface area contributed by atoms with Crippen LogP contribution < -0.4 is 14.2 Å². The Morgan fingerprint density at radius 2 is 1.59 bits per heavy atom. The highest BCUT2D eigenvalue weighted by molar-refractivity contribution is 5.78. The predicted octanol–water partition coefficient (Wildman–Crippen LogP) is 4.70.